The number of amides is 2. The Morgan fingerprint density at radius 1 is 1.38 bits per heavy atom. The topological polar surface area (TPSA) is 49.4 Å². The first-order chi connectivity index (χ1) is 6.08. The number of likely N-dealkylation sites (N-methyl/N-ethyl adjacent to an activating group) is 1. The van der Waals surface area contributed by atoms with E-state index in [0.29, 0.717) is 12.8 Å². The molecule has 0 aromatic rings. The predicted molar refractivity (Wildman–Crippen MR) is 49.1 cm³/mol. The average Bonchev–Trinajstić information content (AvgIpc) is 2.15. The Balaban J connectivity index is 3.00. The second-order valence-electron chi connectivity index (χ2n) is 3.37. The van der Waals surface area contributed by atoms with Crippen LogP contribution >= 0.6 is 0 Å². The Morgan fingerprint density at radius 3 is 2.31 bits per heavy atom. The molecule has 1 N–H and O–H groups in total. The molecule has 4 nitrogen and oxygen atoms in total. The molecule has 0 unspecified atom stereocenters. The first-order valence-corrected chi connectivity index (χ1v) is 4.63. The van der Waals surface area contributed by atoms with Crippen molar-refractivity contribution in [3.8, 4) is 0 Å². The molecular weight excluding hydrogens is 168 g/mol. The molecule has 1 rings (SSSR count). The third-order valence-corrected chi connectivity index (χ3v) is 3.01. The largest absolute Gasteiger partial charge is 0.345 e. The molecule has 0 spiro atoms. The van der Waals surface area contributed by atoms with Crippen LogP contribution < -0.4 is 5.32 Å². The van der Waals surface area contributed by atoms with Gasteiger partial charge in [0.05, 0.1) is 6.54 Å². The molecule has 1 saturated heterocycles. The van der Waals surface area contributed by atoms with Gasteiger partial charge in [-0.25, -0.2) is 0 Å². The second kappa shape index (κ2) is 3.36. The van der Waals surface area contributed by atoms with Crippen molar-refractivity contribution in [1.82, 2.24) is 10.2 Å². The number of piperazine rings is 1. The molecule has 1 aliphatic heterocycles. The van der Waals surface area contributed by atoms with Crippen LogP contribution in [0, 0.1) is 0 Å². The third-order valence-electron chi connectivity index (χ3n) is 3.01. The molecule has 0 aliphatic carbocycles. The van der Waals surface area contributed by atoms with Crippen molar-refractivity contribution in [2.24, 2.45) is 0 Å². The molecule has 0 saturated carbocycles. The lowest BCUT2D eigenvalue weighted by Crippen LogP contribution is -2.65. The van der Waals surface area contributed by atoms with Crippen LogP contribution in [0.5, 0.6) is 0 Å². The number of rotatable bonds is 2. The highest BCUT2D eigenvalue weighted by Crippen LogP contribution is 2.25. The second-order valence-corrected chi connectivity index (χ2v) is 3.37. The zero-order valence-electron chi connectivity index (χ0n) is 8.39. The number of nitrogens with zero attached hydrogens (tertiary/aromatic N) is 1. The maximum absolute atomic E-state index is 11.6. The zero-order chi connectivity index (χ0) is 10.1. The molecule has 0 radical (unpaired) electrons. The molecule has 0 bridgehead atoms. The maximum Gasteiger partial charge on any atom is 0.246 e. The van der Waals surface area contributed by atoms with Crippen molar-refractivity contribution in [2.75, 3.05) is 13.6 Å². The van der Waals surface area contributed by atoms with Gasteiger partial charge in [0.15, 0.2) is 0 Å². The lowest BCUT2D eigenvalue weighted by Gasteiger charge is -2.42. The molecule has 74 valence electrons. The highest BCUT2D eigenvalue weighted by molar-refractivity contribution is 5.97. The van der Waals surface area contributed by atoms with E-state index in [0.717, 1.165) is 0 Å². The Hall–Kier alpha value is -1.06. The van der Waals surface area contributed by atoms with Crippen LogP contribution in [0.4, 0.5) is 0 Å². The van der Waals surface area contributed by atoms with Crippen LogP contribution in [-0.4, -0.2) is 35.8 Å². The van der Waals surface area contributed by atoms with Crippen molar-refractivity contribution in [3.63, 3.8) is 0 Å². The molecule has 0 aromatic heterocycles. The molecule has 13 heavy (non-hydrogen) atoms. The van der Waals surface area contributed by atoms with Crippen molar-refractivity contribution < 1.29 is 9.59 Å². The summed E-state index contributed by atoms with van der Waals surface area (Å²) in [6, 6.07) is 0. The molecule has 0 aromatic carbocycles. The van der Waals surface area contributed by atoms with E-state index in [1.54, 1.807) is 11.9 Å². The highest BCUT2D eigenvalue weighted by atomic mass is 16.2. The van der Waals surface area contributed by atoms with Gasteiger partial charge >= 0.3 is 0 Å². The predicted octanol–water partition coefficient (Wildman–Crippen LogP) is 0.133. The van der Waals surface area contributed by atoms with Gasteiger partial charge in [0.25, 0.3) is 0 Å². The lowest BCUT2D eigenvalue weighted by atomic mass is 9.88. The maximum atomic E-state index is 11.6. The van der Waals surface area contributed by atoms with Gasteiger partial charge < -0.3 is 10.2 Å². The van der Waals surface area contributed by atoms with Crippen molar-refractivity contribution in [1.29, 1.82) is 0 Å². The van der Waals surface area contributed by atoms with E-state index in [-0.39, 0.29) is 18.4 Å². The van der Waals surface area contributed by atoms with Gasteiger partial charge in [-0.15, -0.1) is 0 Å². The van der Waals surface area contributed by atoms with Gasteiger partial charge in [0.1, 0.15) is 5.54 Å². The fourth-order valence-electron chi connectivity index (χ4n) is 1.88. The molecule has 1 fully saturated rings. The Morgan fingerprint density at radius 2 is 1.92 bits per heavy atom. The summed E-state index contributed by atoms with van der Waals surface area (Å²) in [6.45, 7) is 3.99. The van der Waals surface area contributed by atoms with Crippen molar-refractivity contribution in [3.05, 3.63) is 0 Å². The molecule has 1 aliphatic rings. The van der Waals surface area contributed by atoms with Crippen LogP contribution in [0.1, 0.15) is 26.7 Å². The van der Waals surface area contributed by atoms with Crippen LogP contribution in [0.25, 0.3) is 0 Å². The summed E-state index contributed by atoms with van der Waals surface area (Å²) in [7, 11) is 1.70. The highest BCUT2D eigenvalue weighted by Gasteiger charge is 2.44. The number of carbonyl (C=O) groups excluding carboxylic acids is 2. The summed E-state index contributed by atoms with van der Waals surface area (Å²) in [4.78, 5) is 24.6. The first kappa shape index (κ1) is 10.0. The lowest BCUT2D eigenvalue weighted by molar-refractivity contribution is -0.152. The Bertz CT molecular complexity index is 234. The monoisotopic (exact) mass is 184 g/mol. The fraction of sp³-hybridized carbons (Fsp3) is 0.778. The van der Waals surface area contributed by atoms with Crippen LogP contribution in [0.15, 0.2) is 0 Å². The third kappa shape index (κ3) is 1.30. The summed E-state index contributed by atoms with van der Waals surface area (Å²) in [5.41, 5.74) is -0.616. The first-order valence-electron chi connectivity index (χ1n) is 4.63. The van der Waals surface area contributed by atoms with Crippen LogP contribution in [0.3, 0.4) is 0 Å². The number of nitrogens with one attached hydrogen (secondary N) is 1. The zero-order valence-corrected chi connectivity index (χ0v) is 8.39. The Labute approximate surface area is 78.3 Å². The van der Waals surface area contributed by atoms with Gasteiger partial charge in [-0.05, 0) is 12.8 Å². The molecule has 4 heteroatoms. The van der Waals surface area contributed by atoms with E-state index < -0.39 is 5.54 Å². The average molecular weight is 184 g/mol. The quantitative estimate of drug-likeness (QED) is 0.663. The summed E-state index contributed by atoms with van der Waals surface area (Å²) < 4.78 is 0. The van der Waals surface area contributed by atoms with E-state index in [1.165, 1.54) is 0 Å². The van der Waals surface area contributed by atoms with Gasteiger partial charge in [0.2, 0.25) is 11.8 Å². The van der Waals surface area contributed by atoms with Crippen LogP contribution in [0.2, 0.25) is 0 Å². The van der Waals surface area contributed by atoms with Crippen LogP contribution in [-0.2, 0) is 9.59 Å². The number of hydrogen-bond donors (Lipinski definition) is 1. The number of carbonyl (C=O) groups is 2. The summed E-state index contributed by atoms with van der Waals surface area (Å²) >= 11 is 0. The minimum absolute atomic E-state index is 0.0108. The Kier molecular flexibility index (Phi) is 2.59. The van der Waals surface area contributed by atoms with Gasteiger partial charge in [0, 0.05) is 7.05 Å². The SMILES string of the molecule is CCC1(CC)C(=O)NCC(=O)N1C. The molecule has 0 atom stereocenters. The normalized spacial score (nSPS) is 21.6. The van der Waals surface area contributed by atoms with Crippen molar-refractivity contribution >= 4 is 11.8 Å². The van der Waals surface area contributed by atoms with E-state index in [2.05, 4.69) is 5.32 Å². The van der Waals surface area contributed by atoms with E-state index in [1.807, 2.05) is 13.8 Å². The molecule has 1 heterocycles. The fourth-order valence-corrected chi connectivity index (χ4v) is 1.88. The summed E-state index contributed by atoms with van der Waals surface area (Å²) in [5.74, 6) is -0.0390. The summed E-state index contributed by atoms with van der Waals surface area (Å²) in [5, 5.41) is 2.62. The van der Waals surface area contributed by atoms with Gasteiger partial charge in [-0.3, -0.25) is 9.59 Å². The standard InChI is InChI=1S/C9H16N2O2/c1-4-9(5-2)8(13)10-6-7(12)11(9)3/h4-6H2,1-3H3,(H,10,13). The van der Waals surface area contributed by atoms with E-state index >= 15 is 0 Å². The van der Waals surface area contributed by atoms with Crippen molar-refractivity contribution in [2.45, 2.75) is 32.2 Å². The number of hydrogen-bond acceptors (Lipinski definition) is 2. The smallest absolute Gasteiger partial charge is 0.246 e. The minimum Gasteiger partial charge on any atom is -0.345 e. The van der Waals surface area contributed by atoms with E-state index in [9.17, 15) is 9.59 Å². The molecule has 2 amide bonds. The molecular formula is C9H16N2O2. The summed E-state index contributed by atoms with van der Waals surface area (Å²) in [6.07, 6.45) is 1.33. The van der Waals surface area contributed by atoms with E-state index in [4.69, 9.17) is 0 Å². The minimum atomic E-state index is -0.616. The van der Waals surface area contributed by atoms with Gasteiger partial charge in [-0.1, -0.05) is 13.8 Å². The van der Waals surface area contributed by atoms with Gasteiger partial charge in [-0.2, -0.15) is 0 Å².